The van der Waals surface area contributed by atoms with E-state index < -0.39 is 0 Å². The Balaban J connectivity index is 1.83. The van der Waals surface area contributed by atoms with E-state index in [0.717, 1.165) is 32.2 Å². The molecule has 1 saturated heterocycles. The van der Waals surface area contributed by atoms with Gasteiger partial charge >= 0.3 is 0 Å². The Bertz CT molecular complexity index is 263. The normalized spacial score (nSPS) is 32.1. The van der Waals surface area contributed by atoms with Crippen molar-refractivity contribution in [3.05, 3.63) is 0 Å². The predicted molar refractivity (Wildman–Crippen MR) is 62.2 cm³/mol. The first kappa shape index (κ1) is 11.9. The maximum atomic E-state index is 12.0. The second-order valence-electron chi connectivity index (χ2n) is 5.29. The first-order valence-corrected chi connectivity index (χ1v) is 6.19. The monoisotopic (exact) mass is 226 g/mol. The van der Waals surface area contributed by atoms with Crippen molar-refractivity contribution in [2.75, 3.05) is 20.2 Å². The molecule has 1 atom stereocenters. The summed E-state index contributed by atoms with van der Waals surface area (Å²) in [6.07, 6.45) is 5.35. The van der Waals surface area contributed by atoms with E-state index in [4.69, 9.17) is 4.74 Å². The molecule has 4 nitrogen and oxygen atoms in total. The average Bonchev–Trinajstić information content (AvgIpc) is 2.65. The van der Waals surface area contributed by atoms with E-state index in [1.165, 1.54) is 6.42 Å². The van der Waals surface area contributed by atoms with Crippen LogP contribution in [0, 0.1) is 0 Å². The number of carbonyl (C=O) groups is 1. The van der Waals surface area contributed by atoms with Crippen LogP contribution in [0.3, 0.4) is 0 Å². The van der Waals surface area contributed by atoms with Crippen LogP contribution >= 0.6 is 0 Å². The average molecular weight is 226 g/mol. The van der Waals surface area contributed by atoms with Gasteiger partial charge in [-0.3, -0.25) is 4.79 Å². The fourth-order valence-corrected chi connectivity index (χ4v) is 2.55. The van der Waals surface area contributed by atoms with Gasteiger partial charge in [0.2, 0.25) is 5.91 Å². The zero-order chi connectivity index (χ0) is 11.6. The lowest BCUT2D eigenvalue weighted by molar-refractivity contribution is -0.130. The SMILES string of the molecule is COC1(CNC(=O)C2(C)CCCN2)CCC1. The zero-order valence-corrected chi connectivity index (χ0v) is 10.3. The van der Waals surface area contributed by atoms with Gasteiger partial charge < -0.3 is 15.4 Å². The van der Waals surface area contributed by atoms with Crippen LogP contribution in [-0.2, 0) is 9.53 Å². The van der Waals surface area contributed by atoms with Crippen molar-refractivity contribution in [1.29, 1.82) is 0 Å². The molecule has 92 valence electrons. The smallest absolute Gasteiger partial charge is 0.240 e. The second-order valence-corrected chi connectivity index (χ2v) is 5.29. The quantitative estimate of drug-likeness (QED) is 0.746. The van der Waals surface area contributed by atoms with Gasteiger partial charge in [-0.15, -0.1) is 0 Å². The van der Waals surface area contributed by atoms with Crippen LogP contribution in [0.5, 0.6) is 0 Å². The molecule has 0 aromatic rings. The predicted octanol–water partition coefficient (Wildman–Crippen LogP) is 0.814. The van der Waals surface area contributed by atoms with Crippen LogP contribution in [-0.4, -0.2) is 37.2 Å². The van der Waals surface area contributed by atoms with E-state index in [-0.39, 0.29) is 17.0 Å². The molecule has 1 aliphatic carbocycles. The Morgan fingerprint density at radius 2 is 2.12 bits per heavy atom. The second kappa shape index (κ2) is 4.34. The van der Waals surface area contributed by atoms with E-state index in [2.05, 4.69) is 10.6 Å². The molecular weight excluding hydrogens is 204 g/mol. The van der Waals surface area contributed by atoms with Crippen molar-refractivity contribution in [1.82, 2.24) is 10.6 Å². The highest BCUT2D eigenvalue weighted by molar-refractivity contribution is 5.86. The first-order valence-electron chi connectivity index (χ1n) is 6.19. The number of carbonyl (C=O) groups excluding carboxylic acids is 1. The minimum atomic E-state index is -0.362. The summed E-state index contributed by atoms with van der Waals surface area (Å²) in [4.78, 5) is 12.0. The third kappa shape index (κ3) is 2.09. The van der Waals surface area contributed by atoms with Crippen LogP contribution in [0.4, 0.5) is 0 Å². The van der Waals surface area contributed by atoms with Crippen LogP contribution in [0.25, 0.3) is 0 Å². The maximum absolute atomic E-state index is 12.0. The minimum Gasteiger partial charge on any atom is -0.376 e. The highest BCUT2D eigenvalue weighted by atomic mass is 16.5. The number of amides is 1. The summed E-state index contributed by atoms with van der Waals surface area (Å²) >= 11 is 0. The molecule has 2 fully saturated rings. The number of methoxy groups -OCH3 is 1. The number of nitrogens with one attached hydrogen (secondary N) is 2. The standard InChI is InChI=1S/C12H22N2O2/c1-11(5-4-8-14-11)10(15)13-9-12(16-2)6-3-7-12/h14H,3-9H2,1-2H3,(H,13,15). The van der Waals surface area contributed by atoms with Gasteiger partial charge in [-0.1, -0.05) is 0 Å². The van der Waals surface area contributed by atoms with Crippen LogP contribution < -0.4 is 10.6 Å². The summed E-state index contributed by atoms with van der Waals surface area (Å²) in [7, 11) is 1.74. The third-order valence-corrected chi connectivity index (χ3v) is 4.14. The van der Waals surface area contributed by atoms with Crippen molar-refractivity contribution >= 4 is 5.91 Å². The summed E-state index contributed by atoms with van der Waals surface area (Å²) < 4.78 is 5.48. The number of hydrogen-bond acceptors (Lipinski definition) is 3. The fourth-order valence-electron chi connectivity index (χ4n) is 2.55. The molecule has 0 aromatic carbocycles. The van der Waals surface area contributed by atoms with E-state index >= 15 is 0 Å². The summed E-state index contributed by atoms with van der Waals surface area (Å²) in [5.41, 5.74) is -0.441. The van der Waals surface area contributed by atoms with Gasteiger partial charge in [0, 0.05) is 13.7 Å². The summed E-state index contributed by atoms with van der Waals surface area (Å²) in [6.45, 7) is 3.58. The largest absolute Gasteiger partial charge is 0.376 e. The van der Waals surface area contributed by atoms with Crippen LogP contribution in [0.2, 0.25) is 0 Å². The molecule has 0 radical (unpaired) electrons. The molecule has 0 spiro atoms. The van der Waals surface area contributed by atoms with Gasteiger partial charge in [-0.25, -0.2) is 0 Å². The number of rotatable bonds is 4. The van der Waals surface area contributed by atoms with Crippen LogP contribution in [0.1, 0.15) is 39.0 Å². The molecule has 16 heavy (non-hydrogen) atoms. The van der Waals surface area contributed by atoms with Gasteiger partial charge in [0.1, 0.15) is 0 Å². The van der Waals surface area contributed by atoms with Gasteiger partial charge in [0.05, 0.1) is 11.1 Å². The molecule has 1 amide bonds. The number of ether oxygens (including phenoxy) is 1. The lowest BCUT2D eigenvalue weighted by atomic mass is 9.80. The van der Waals surface area contributed by atoms with Gasteiger partial charge in [-0.2, -0.15) is 0 Å². The van der Waals surface area contributed by atoms with Crippen molar-refractivity contribution < 1.29 is 9.53 Å². The van der Waals surface area contributed by atoms with Gasteiger partial charge in [-0.05, 0) is 45.6 Å². The topological polar surface area (TPSA) is 50.4 Å². The Morgan fingerprint density at radius 3 is 2.56 bits per heavy atom. The van der Waals surface area contributed by atoms with E-state index in [9.17, 15) is 4.79 Å². The van der Waals surface area contributed by atoms with E-state index in [0.29, 0.717) is 6.54 Å². The molecule has 2 N–H and O–H groups in total. The van der Waals surface area contributed by atoms with Crippen molar-refractivity contribution in [2.24, 2.45) is 0 Å². The summed E-state index contributed by atoms with van der Waals surface area (Å²) in [5, 5.41) is 6.30. The summed E-state index contributed by atoms with van der Waals surface area (Å²) in [5.74, 6) is 0.119. The lowest BCUT2D eigenvalue weighted by Crippen LogP contribution is -2.56. The van der Waals surface area contributed by atoms with Gasteiger partial charge in [0.25, 0.3) is 0 Å². The number of hydrogen-bond donors (Lipinski definition) is 2. The van der Waals surface area contributed by atoms with E-state index in [1.54, 1.807) is 7.11 Å². The van der Waals surface area contributed by atoms with Crippen LogP contribution in [0.15, 0.2) is 0 Å². The molecule has 2 aliphatic rings. The Labute approximate surface area is 97.1 Å². The maximum Gasteiger partial charge on any atom is 0.240 e. The Morgan fingerprint density at radius 1 is 1.38 bits per heavy atom. The minimum absolute atomic E-state index is 0.0787. The molecule has 1 aliphatic heterocycles. The summed E-state index contributed by atoms with van der Waals surface area (Å²) in [6, 6.07) is 0. The van der Waals surface area contributed by atoms with Crippen molar-refractivity contribution in [3.8, 4) is 0 Å². The van der Waals surface area contributed by atoms with Crippen molar-refractivity contribution in [2.45, 2.75) is 50.2 Å². The Kier molecular flexibility index (Phi) is 3.22. The molecule has 1 heterocycles. The molecular formula is C12H22N2O2. The molecule has 0 bridgehead atoms. The molecule has 4 heteroatoms. The third-order valence-electron chi connectivity index (χ3n) is 4.14. The van der Waals surface area contributed by atoms with Crippen molar-refractivity contribution in [3.63, 3.8) is 0 Å². The Hall–Kier alpha value is -0.610. The highest BCUT2D eigenvalue weighted by Gasteiger charge is 2.40. The first-order chi connectivity index (χ1) is 7.60. The highest BCUT2D eigenvalue weighted by Crippen LogP contribution is 2.34. The lowest BCUT2D eigenvalue weighted by Gasteiger charge is -2.41. The fraction of sp³-hybridized carbons (Fsp3) is 0.917. The molecule has 1 saturated carbocycles. The molecule has 0 aromatic heterocycles. The van der Waals surface area contributed by atoms with Gasteiger partial charge in [0.15, 0.2) is 0 Å². The molecule has 1 unspecified atom stereocenters. The molecule has 2 rings (SSSR count). The van der Waals surface area contributed by atoms with E-state index in [1.807, 2.05) is 6.92 Å². The zero-order valence-electron chi connectivity index (χ0n) is 10.3.